The highest BCUT2D eigenvalue weighted by molar-refractivity contribution is 5.78. The Balaban J connectivity index is 2.26. The Kier molecular flexibility index (Phi) is 3.17. The van der Waals surface area contributed by atoms with Crippen molar-refractivity contribution in [2.24, 2.45) is 7.05 Å². The molecular formula is C17H14N4. The van der Waals surface area contributed by atoms with E-state index in [2.05, 4.69) is 11.1 Å². The maximum absolute atomic E-state index is 9.37. The van der Waals surface area contributed by atoms with Gasteiger partial charge in [-0.05, 0) is 18.2 Å². The highest BCUT2D eigenvalue weighted by Gasteiger charge is 2.14. The van der Waals surface area contributed by atoms with Crippen molar-refractivity contribution < 1.29 is 0 Å². The number of aromatic nitrogens is 2. The molecule has 0 unspecified atom stereocenters. The Bertz CT molecular complexity index is 826. The molecule has 0 amide bonds. The fourth-order valence-corrected chi connectivity index (χ4v) is 2.38. The van der Waals surface area contributed by atoms with Crippen molar-refractivity contribution in [3.05, 3.63) is 60.3 Å². The van der Waals surface area contributed by atoms with E-state index in [1.54, 1.807) is 0 Å². The van der Waals surface area contributed by atoms with Gasteiger partial charge in [-0.25, -0.2) is 4.98 Å². The van der Waals surface area contributed by atoms with Crippen LogP contribution < -0.4 is 5.73 Å². The quantitative estimate of drug-likeness (QED) is 0.780. The van der Waals surface area contributed by atoms with Crippen molar-refractivity contribution in [3.63, 3.8) is 0 Å². The summed E-state index contributed by atoms with van der Waals surface area (Å²) in [5.74, 6) is 0.259. The third kappa shape index (κ3) is 2.26. The molecule has 0 spiro atoms. The minimum absolute atomic E-state index is 0.259. The normalized spacial score (nSPS) is 10.3. The minimum Gasteiger partial charge on any atom is -0.383 e. The van der Waals surface area contributed by atoms with Gasteiger partial charge in [-0.1, -0.05) is 30.3 Å². The molecule has 0 aliphatic heterocycles. The van der Waals surface area contributed by atoms with Gasteiger partial charge >= 0.3 is 0 Å². The first kappa shape index (κ1) is 12.9. The van der Waals surface area contributed by atoms with Crippen molar-refractivity contribution in [2.75, 3.05) is 5.73 Å². The maximum atomic E-state index is 9.37. The number of pyridine rings is 1. The van der Waals surface area contributed by atoms with Gasteiger partial charge in [0.25, 0.3) is 0 Å². The molecule has 2 N–H and O–H groups in total. The van der Waals surface area contributed by atoms with E-state index < -0.39 is 0 Å². The highest BCUT2D eigenvalue weighted by atomic mass is 14.9. The van der Waals surface area contributed by atoms with Crippen LogP contribution >= 0.6 is 0 Å². The molecule has 0 fully saturated rings. The summed E-state index contributed by atoms with van der Waals surface area (Å²) >= 11 is 0. The SMILES string of the molecule is Cn1cccc1-c1cc(-c2ccccc2)nc(N)c1C#N. The molecule has 21 heavy (non-hydrogen) atoms. The molecule has 2 aromatic heterocycles. The number of benzene rings is 1. The molecule has 0 bridgehead atoms. The fraction of sp³-hybridized carbons (Fsp3) is 0.0588. The van der Waals surface area contributed by atoms with Crippen LogP contribution in [0.2, 0.25) is 0 Å². The van der Waals surface area contributed by atoms with Crippen LogP contribution in [0.4, 0.5) is 5.82 Å². The fourth-order valence-electron chi connectivity index (χ4n) is 2.38. The Morgan fingerprint density at radius 3 is 2.52 bits per heavy atom. The first-order chi connectivity index (χ1) is 10.2. The van der Waals surface area contributed by atoms with Gasteiger partial charge in [0.15, 0.2) is 0 Å². The molecular weight excluding hydrogens is 260 g/mol. The molecule has 0 saturated carbocycles. The Hall–Kier alpha value is -3.06. The second kappa shape index (κ2) is 5.14. The van der Waals surface area contributed by atoms with E-state index in [1.165, 1.54) is 0 Å². The molecule has 3 rings (SSSR count). The van der Waals surface area contributed by atoms with Crippen LogP contribution in [-0.2, 0) is 7.05 Å². The summed E-state index contributed by atoms with van der Waals surface area (Å²) in [5, 5.41) is 9.37. The Morgan fingerprint density at radius 1 is 1.14 bits per heavy atom. The summed E-state index contributed by atoms with van der Waals surface area (Å²) in [5.41, 5.74) is 9.88. The third-order valence-electron chi connectivity index (χ3n) is 3.45. The first-order valence-electron chi connectivity index (χ1n) is 6.58. The van der Waals surface area contributed by atoms with Gasteiger partial charge in [-0.15, -0.1) is 0 Å². The van der Waals surface area contributed by atoms with Crippen LogP contribution in [0.3, 0.4) is 0 Å². The van der Waals surface area contributed by atoms with Crippen molar-refractivity contribution in [1.29, 1.82) is 5.26 Å². The lowest BCUT2D eigenvalue weighted by Crippen LogP contribution is -2.01. The number of hydrogen-bond acceptors (Lipinski definition) is 3. The monoisotopic (exact) mass is 274 g/mol. The lowest BCUT2D eigenvalue weighted by Gasteiger charge is -2.11. The van der Waals surface area contributed by atoms with Gasteiger partial charge in [0.1, 0.15) is 17.5 Å². The van der Waals surface area contributed by atoms with Crippen molar-refractivity contribution in [1.82, 2.24) is 9.55 Å². The van der Waals surface area contributed by atoms with Crippen molar-refractivity contribution in [3.8, 4) is 28.6 Å². The number of nitrogens with two attached hydrogens (primary N) is 1. The number of nitrogens with zero attached hydrogens (tertiary/aromatic N) is 3. The van der Waals surface area contributed by atoms with Crippen LogP contribution in [0.25, 0.3) is 22.5 Å². The summed E-state index contributed by atoms with van der Waals surface area (Å²) < 4.78 is 1.96. The second-order valence-corrected chi connectivity index (χ2v) is 4.80. The molecule has 1 aromatic carbocycles. The van der Waals surface area contributed by atoms with Gasteiger partial charge in [-0.3, -0.25) is 0 Å². The van der Waals surface area contributed by atoms with E-state index in [1.807, 2.05) is 66.3 Å². The van der Waals surface area contributed by atoms with Crippen molar-refractivity contribution >= 4 is 5.82 Å². The van der Waals surface area contributed by atoms with Crippen LogP contribution in [0.15, 0.2) is 54.7 Å². The van der Waals surface area contributed by atoms with E-state index in [0.29, 0.717) is 5.56 Å². The molecule has 3 aromatic rings. The standard InChI is InChI=1S/C17H14N4/c1-21-9-5-8-16(21)13-10-15(12-6-3-2-4-7-12)20-17(19)14(13)11-18/h2-10H,1H3,(H2,19,20). The zero-order valence-electron chi connectivity index (χ0n) is 11.6. The summed E-state index contributed by atoms with van der Waals surface area (Å²) in [7, 11) is 1.94. The Morgan fingerprint density at radius 2 is 1.90 bits per heavy atom. The lowest BCUT2D eigenvalue weighted by atomic mass is 10.0. The molecule has 0 atom stereocenters. The van der Waals surface area contributed by atoms with Gasteiger partial charge in [0, 0.05) is 30.1 Å². The molecule has 0 saturated heterocycles. The average Bonchev–Trinajstić information content (AvgIpc) is 2.93. The topological polar surface area (TPSA) is 67.6 Å². The first-order valence-corrected chi connectivity index (χ1v) is 6.58. The van der Waals surface area contributed by atoms with E-state index >= 15 is 0 Å². The number of nitriles is 1. The predicted molar refractivity (Wildman–Crippen MR) is 83.2 cm³/mol. The Labute approximate surface area is 123 Å². The molecule has 2 heterocycles. The second-order valence-electron chi connectivity index (χ2n) is 4.80. The van der Waals surface area contributed by atoms with Gasteiger partial charge in [0.05, 0.1) is 5.69 Å². The zero-order valence-corrected chi connectivity index (χ0v) is 11.6. The van der Waals surface area contributed by atoms with Crippen molar-refractivity contribution in [2.45, 2.75) is 0 Å². The number of anilines is 1. The zero-order chi connectivity index (χ0) is 14.8. The van der Waals surface area contributed by atoms with E-state index in [0.717, 1.165) is 22.5 Å². The smallest absolute Gasteiger partial charge is 0.142 e. The van der Waals surface area contributed by atoms with Crippen LogP contribution in [0, 0.1) is 11.3 Å². The molecule has 4 heteroatoms. The molecule has 0 aliphatic rings. The average molecular weight is 274 g/mol. The van der Waals surface area contributed by atoms with E-state index in [9.17, 15) is 5.26 Å². The van der Waals surface area contributed by atoms with Crippen LogP contribution in [0.1, 0.15) is 5.56 Å². The summed E-state index contributed by atoms with van der Waals surface area (Å²) in [6, 6.07) is 17.8. The molecule has 0 aliphatic carbocycles. The summed E-state index contributed by atoms with van der Waals surface area (Å²) in [4.78, 5) is 4.36. The number of hydrogen-bond donors (Lipinski definition) is 1. The minimum atomic E-state index is 0.259. The number of rotatable bonds is 2. The van der Waals surface area contributed by atoms with Gasteiger partial charge < -0.3 is 10.3 Å². The lowest BCUT2D eigenvalue weighted by molar-refractivity contribution is 0.936. The summed E-state index contributed by atoms with van der Waals surface area (Å²) in [6.45, 7) is 0. The number of aryl methyl sites for hydroxylation is 1. The van der Waals surface area contributed by atoms with Gasteiger partial charge in [-0.2, -0.15) is 5.26 Å². The van der Waals surface area contributed by atoms with Crippen LogP contribution in [-0.4, -0.2) is 9.55 Å². The van der Waals surface area contributed by atoms with Gasteiger partial charge in [0.2, 0.25) is 0 Å². The predicted octanol–water partition coefficient (Wildman–Crippen LogP) is 3.21. The third-order valence-corrected chi connectivity index (χ3v) is 3.45. The number of nitrogen functional groups attached to an aromatic ring is 1. The molecule has 4 nitrogen and oxygen atoms in total. The maximum Gasteiger partial charge on any atom is 0.142 e. The highest BCUT2D eigenvalue weighted by Crippen LogP contribution is 2.30. The van der Waals surface area contributed by atoms with E-state index in [4.69, 9.17) is 5.73 Å². The molecule has 0 radical (unpaired) electrons. The van der Waals surface area contributed by atoms with Crippen LogP contribution in [0.5, 0.6) is 0 Å². The van der Waals surface area contributed by atoms with E-state index in [-0.39, 0.29) is 5.82 Å². The molecule has 102 valence electrons. The largest absolute Gasteiger partial charge is 0.383 e. The summed E-state index contributed by atoms with van der Waals surface area (Å²) in [6.07, 6.45) is 1.94.